The van der Waals surface area contributed by atoms with Crippen molar-refractivity contribution in [3.63, 3.8) is 0 Å². The van der Waals surface area contributed by atoms with E-state index in [1.165, 1.54) is 0 Å². The average molecular weight is 133 g/mol. The first kappa shape index (κ1) is 8.80. The van der Waals surface area contributed by atoms with Gasteiger partial charge >= 0.3 is 0 Å². The number of hydrazine groups is 2. The fourth-order valence-electron chi connectivity index (χ4n) is 0.432. The molecule has 56 valence electrons. The Kier molecular flexibility index (Phi) is 3.02. The maximum absolute atomic E-state index is 5.59. The topological polar surface area (TPSA) is 107 Å². The Morgan fingerprint density at radius 2 is 1.89 bits per heavy atom. The van der Waals surface area contributed by atoms with Crippen molar-refractivity contribution in [1.29, 1.82) is 0 Å². The molecule has 8 N–H and O–H groups in total. The van der Waals surface area contributed by atoms with E-state index in [4.69, 9.17) is 23.2 Å². The summed E-state index contributed by atoms with van der Waals surface area (Å²) in [7, 11) is 0. The van der Waals surface area contributed by atoms with Crippen LogP contribution >= 0.6 is 0 Å². The predicted octanol–water partition coefficient (Wildman–Crippen LogP) is -1.94. The Labute approximate surface area is 54.9 Å². The molecule has 0 amide bonds. The van der Waals surface area contributed by atoms with Gasteiger partial charge in [-0.05, 0) is 6.42 Å². The largest absolute Gasteiger partial charge is 0.327 e. The molecule has 0 saturated carbocycles. The van der Waals surface area contributed by atoms with E-state index in [-0.39, 0.29) is 6.54 Å². The summed E-state index contributed by atoms with van der Waals surface area (Å²) in [6, 6.07) is 0. The minimum Gasteiger partial charge on any atom is -0.327 e. The second-order valence-corrected chi connectivity index (χ2v) is 2.07. The summed E-state index contributed by atoms with van der Waals surface area (Å²) in [6.07, 6.45) is 0.635. The molecule has 0 heterocycles. The molecule has 0 aromatic rings. The van der Waals surface area contributed by atoms with Gasteiger partial charge in [0.15, 0.2) is 0 Å². The Hall–Kier alpha value is -0.200. The monoisotopic (exact) mass is 133 g/mol. The summed E-state index contributed by atoms with van der Waals surface area (Å²) in [4.78, 5) is 0. The highest BCUT2D eigenvalue weighted by atomic mass is 15.6. The van der Waals surface area contributed by atoms with Gasteiger partial charge in [-0.2, -0.15) is 5.12 Å². The molecule has 5 heteroatoms. The molecule has 0 aliphatic carbocycles. The van der Waals surface area contributed by atoms with E-state index in [0.717, 1.165) is 5.12 Å². The van der Waals surface area contributed by atoms with Crippen molar-refractivity contribution < 1.29 is 0 Å². The van der Waals surface area contributed by atoms with E-state index in [2.05, 4.69) is 0 Å². The minimum atomic E-state index is -0.750. The lowest BCUT2D eigenvalue weighted by Crippen LogP contribution is -2.66. The normalized spacial score (nSPS) is 18.0. The number of hydrogen-bond donors (Lipinski definition) is 4. The van der Waals surface area contributed by atoms with Gasteiger partial charge in [0, 0.05) is 6.54 Å². The molecular formula is C4H15N5. The van der Waals surface area contributed by atoms with Crippen LogP contribution in [0.1, 0.15) is 13.3 Å². The third-order valence-corrected chi connectivity index (χ3v) is 1.48. The number of rotatable bonds is 3. The van der Waals surface area contributed by atoms with Gasteiger partial charge in [-0.1, -0.05) is 6.92 Å². The smallest absolute Gasteiger partial charge is 0.109 e. The number of nitrogens with zero attached hydrogens (tertiary/aromatic N) is 1. The molecule has 0 aliphatic heterocycles. The number of nitrogens with two attached hydrogens (primary N) is 4. The lowest BCUT2D eigenvalue weighted by Gasteiger charge is -2.32. The molecule has 0 bridgehead atoms. The first-order chi connectivity index (χ1) is 4.06. The highest BCUT2D eigenvalue weighted by Gasteiger charge is 2.24. The van der Waals surface area contributed by atoms with Crippen molar-refractivity contribution in [3.05, 3.63) is 0 Å². The van der Waals surface area contributed by atoms with E-state index in [1.54, 1.807) is 0 Å². The van der Waals surface area contributed by atoms with Gasteiger partial charge in [-0.25, -0.2) is 0 Å². The van der Waals surface area contributed by atoms with Gasteiger partial charge in [0.05, 0.1) is 0 Å². The first-order valence-corrected chi connectivity index (χ1v) is 2.85. The van der Waals surface area contributed by atoms with Crippen LogP contribution < -0.4 is 23.2 Å². The molecule has 0 spiro atoms. The molecule has 0 aromatic carbocycles. The van der Waals surface area contributed by atoms with Crippen molar-refractivity contribution in [2.75, 3.05) is 6.54 Å². The van der Waals surface area contributed by atoms with Gasteiger partial charge in [0.2, 0.25) is 0 Å². The SMILES string of the molecule is CCC(N)(CN)N(N)N. The van der Waals surface area contributed by atoms with Crippen LogP contribution in [0.4, 0.5) is 0 Å². The third kappa shape index (κ3) is 1.88. The average Bonchev–Trinajstić information content (AvgIpc) is 1.86. The Bertz CT molecular complexity index is 77.0. The molecule has 0 rings (SSSR count). The van der Waals surface area contributed by atoms with Gasteiger partial charge < -0.3 is 11.5 Å². The van der Waals surface area contributed by atoms with Crippen molar-refractivity contribution >= 4 is 0 Å². The van der Waals surface area contributed by atoms with Crippen LogP contribution in [0.15, 0.2) is 0 Å². The standard InChI is InChI=1S/C4H15N5/c1-2-4(6,3-5)9(7)8/h2-3,5-8H2,1H3. The van der Waals surface area contributed by atoms with Crippen LogP contribution in [0.5, 0.6) is 0 Å². The fourth-order valence-corrected chi connectivity index (χ4v) is 0.432. The Balaban J connectivity index is 3.92. The van der Waals surface area contributed by atoms with Gasteiger partial charge in [0.25, 0.3) is 0 Å². The fraction of sp³-hybridized carbons (Fsp3) is 1.00. The quantitative estimate of drug-likeness (QED) is 0.203. The van der Waals surface area contributed by atoms with Crippen LogP contribution in [-0.2, 0) is 0 Å². The van der Waals surface area contributed by atoms with Crippen molar-refractivity contribution in [2.45, 2.75) is 19.0 Å². The van der Waals surface area contributed by atoms with Crippen LogP contribution in [-0.4, -0.2) is 17.3 Å². The molecule has 9 heavy (non-hydrogen) atoms. The zero-order valence-electron chi connectivity index (χ0n) is 5.67. The highest BCUT2D eigenvalue weighted by molar-refractivity contribution is 4.77. The van der Waals surface area contributed by atoms with E-state index in [1.807, 2.05) is 6.92 Å². The van der Waals surface area contributed by atoms with Crippen molar-refractivity contribution in [3.8, 4) is 0 Å². The molecule has 0 aromatic heterocycles. The molecule has 0 radical (unpaired) electrons. The summed E-state index contributed by atoms with van der Waals surface area (Å²) in [5.41, 5.74) is 10.1. The second kappa shape index (κ2) is 3.09. The molecule has 1 unspecified atom stereocenters. The summed E-state index contributed by atoms with van der Waals surface area (Å²) >= 11 is 0. The maximum atomic E-state index is 5.59. The van der Waals surface area contributed by atoms with Crippen molar-refractivity contribution in [2.24, 2.45) is 23.2 Å². The molecule has 1 atom stereocenters. The molecule has 0 fully saturated rings. The summed E-state index contributed by atoms with van der Waals surface area (Å²) in [5, 5.41) is 0.951. The van der Waals surface area contributed by atoms with Crippen LogP contribution in [0, 0.1) is 0 Å². The lowest BCUT2D eigenvalue weighted by atomic mass is 10.1. The van der Waals surface area contributed by atoms with E-state index in [0.29, 0.717) is 6.42 Å². The van der Waals surface area contributed by atoms with Gasteiger partial charge in [-0.15, -0.1) is 0 Å². The molecular weight excluding hydrogens is 118 g/mol. The molecule has 5 nitrogen and oxygen atoms in total. The predicted molar refractivity (Wildman–Crippen MR) is 36.5 cm³/mol. The maximum Gasteiger partial charge on any atom is 0.109 e. The third-order valence-electron chi connectivity index (χ3n) is 1.48. The zero-order chi connectivity index (χ0) is 7.49. The summed E-state index contributed by atoms with van der Waals surface area (Å²) < 4.78 is 0. The van der Waals surface area contributed by atoms with E-state index < -0.39 is 5.66 Å². The first-order valence-electron chi connectivity index (χ1n) is 2.85. The van der Waals surface area contributed by atoms with Crippen molar-refractivity contribution in [1.82, 2.24) is 5.12 Å². The zero-order valence-corrected chi connectivity index (χ0v) is 5.67. The second-order valence-electron chi connectivity index (χ2n) is 2.07. The highest BCUT2D eigenvalue weighted by Crippen LogP contribution is 2.01. The van der Waals surface area contributed by atoms with Gasteiger partial charge in [-0.3, -0.25) is 11.7 Å². The molecule has 0 saturated heterocycles. The summed E-state index contributed by atoms with van der Waals surface area (Å²) in [6.45, 7) is 2.13. The number of hydrogen-bond acceptors (Lipinski definition) is 5. The van der Waals surface area contributed by atoms with Gasteiger partial charge in [0.1, 0.15) is 5.66 Å². The van der Waals surface area contributed by atoms with E-state index in [9.17, 15) is 0 Å². The van der Waals surface area contributed by atoms with Crippen LogP contribution in [0.2, 0.25) is 0 Å². The minimum absolute atomic E-state index is 0.260. The molecule has 0 aliphatic rings. The summed E-state index contributed by atoms with van der Waals surface area (Å²) in [5.74, 6) is 10.4. The van der Waals surface area contributed by atoms with E-state index >= 15 is 0 Å². The van der Waals surface area contributed by atoms with Crippen LogP contribution in [0.25, 0.3) is 0 Å². The Morgan fingerprint density at radius 1 is 1.44 bits per heavy atom. The lowest BCUT2D eigenvalue weighted by molar-refractivity contribution is 0.0960. The van der Waals surface area contributed by atoms with Crippen LogP contribution in [0.3, 0.4) is 0 Å². The Morgan fingerprint density at radius 3 is 1.89 bits per heavy atom.